The van der Waals surface area contributed by atoms with Crippen molar-refractivity contribution < 1.29 is 24.2 Å². The van der Waals surface area contributed by atoms with E-state index in [1.165, 1.54) is 7.11 Å². The summed E-state index contributed by atoms with van der Waals surface area (Å²) in [6.07, 6.45) is 6.21. The molecular formula is C26H41N3O5. The first-order valence-corrected chi connectivity index (χ1v) is 12.4. The maximum Gasteiger partial charge on any atom is 0.410 e. The Morgan fingerprint density at radius 2 is 1.94 bits per heavy atom. The normalized spacial score (nSPS) is 24.2. The summed E-state index contributed by atoms with van der Waals surface area (Å²) in [7, 11) is 1.41. The summed E-state index contributed by atoms with van der Waals surface area (Å²) in [4.78, 5) is 32.3. The number of aromatic amines is 1. The number of esters is 1. The lowest BCUT2D eigenvalue weighted by Gasteiger charge is -2.43. The third-order valence-corrected chi connectivity index (χ3v) is 6.93. The van der Waals surface area contributed by atoms with Gasteiger partial charge in [-0.3, -0.25) is 9.69 Å². The molecule has 0 bridgehead atoms. The molecular weight excluding hydrogens is 434 g/mol. The van der Waals surface area contributed by atoms with Crippen LogP contribution in [-0.2, 0) is 14.3 Å². The molecule has 1 aromatic rings. The number of hydrogen-bond acceptors (Lipinski definition) is 6. The Labute approximate surface area is 202 Å². The fourth-order valence-corrected chi connectivity index (χ4v) is 5.30. The van der Waals surface area contributed by atoms with E-state index in [1.807, 2.05) is 27.0 Å². The van der Waals surface area contributed by atoms with E-state index in [-0.39, 0.29) is 23.9 Å². The molecule has 0 spiro atoms. The van der Waals surface area contributed by atoms with Gasteiger partial charge in [-0.25, -0.2) is 4.79 Å². The van der Waals surface area contributed by atoms with Crippen molar-refractivity contribution in [1.29, 1.82) is 0 Å². The second-order valence-corrected chi connectivity index (χ2v) is 10.5. The number of piperidine rings is 2. The number of aliphatic hydroxyl groups is 1. The van der Waals surface area contributed by atoms with Crippen LogP contribution in [-0.4, -0.2) is 83.0 Å². The van der Waals surface area contributed by atoms with Crippen molar-refractivity contribution in [3.63, 3.8) is 0 Å². The number of ether oxygens (including phenoxy) is 2. The fraction of sp³-hybridized carbons (Fsp3) is 0.692. The Morgan fingerprint density at radius 1 is 1.26 bits per heavy atom. The lowest BCUT2D eigenvalue weighted by atomic mass is 9.83. The molecule has 0 aliphatic carbocycles. The molecule has 2 saturated heterocycles. The predicted molar refractivity (Wildman–Crippen MR) is 132 cm³/mol. The first-order chi connectivity index (χ1) is 16.1. The van der Waals surface area contributed by atoms with Crippen LogP contribution in [0.4, 0.5) is 4.79 Å². The Kier molecular flexibility index (Phi) is 8.47. The number of aliphatic hydroxyl groups excluding tert-OH is 1. The Balaban J connectivity index is 1.69. The Morgan fingerprint density at radius 3 is 2.50 bits per heavy atom. The van der Waals surface area contributed by atoms with Crippen molar-refractivity contribution in [3.05, 3.63) is 22.3 Å². The minimum absolute atomic E-state index is 0.00638. The maximum absolute atomic E-state index is 12.8. The Hall–Kier alpha value is -2.32. The number of nitrogens with zero attached hydrogens (tertiary/aromatic N) is 2. The van der Waals surface area contributed by atoms with Crippen LogP contribution in [0.2, 0.25) is 0 Å². The molecule has 0 aromatic carbocycles. The third kappa shape index (κ3) is 6.02. The summed E-state index contributed by atoms with van der Waals surface area (Å²) in [5.74, 6) is -0.228. The average Bonchev–Trinajstić information content (AvgIpc) is 3.13. The van der Waals surface area contributed by atoms with E-state index in [0.29, 0.717) is 39.0 Å². The smallest absolute Gasteiger partial charge is 0.410 e. The van der Waals surface area contributed by atoms with Crippen LogP contribution in [0.3, 0.4) is 0 Å². The van der Waals surface area contributed by atoms with Crippen molar-refractivity contribution in [2.75, 3.05) is 33.3 Å². The molecule has 3 unspecified atom stereocenters. The highest BCUT2D eigenvalue weighted by Gasteiger charge is 2.41. The minimum atomic E-state index is -0.595. The van der Waals surface area contributed by atoms with Crippen LogP contribution in [0.5, 0.6) is 0 Å². The monoisotopic (exact) mass is 475 g/mol. The van der Waals surface area contributed by atoms with Gasteiger partial charge < -0.3 is 24.5 Å². The van der Waals surface area contributed by atoms with E-state index in [0.717, 1.165) is 29.0 Å². The Bertz CT molecular complexity index is 958. The van der Waals surface area contributed by atoms with Crippen molar-refractivity contribution in [2.24, 2.45) is 5.92 Å². The van der Waals surface area contributed by atoms with Gasteiger partial charge in [0.05, 0.1) is 13.2 Å². The van der Waals surface area contributed by atoms with Gasteiger partial charge in [-0.15, -0.1) is 0 Å². The highest BCUT2D eigenvalue weighted by Crippen LogP contribution is 2.32. The fourth-order valence-electron chi connectivity index (χ4n) is 5.30. The largest absolute Gasteiger partial charge is 0.468 e. The second kappa shape index (κ2) is 11.0. The molecule has 1 aromatic heterocycles. The SMILES string of the molecule is C=c1[nH]cc(C2CCN(C(C(=O)OC)C3CCN(C(=O)OC(C)(C)C)CC3)CC2O)c1=CCC. The lowest BCUT2D eigenvalue weighted by Crippen LogP contribution is -2.56. The van der Waals surface area contributed by atoms with Gasteiger partial charge in [0.15, 0.2) is 0 Å². The maximum atomic E-state index is 12.8. The number of hydrogen-bond donors (Lipinski definition) is 2. The number of β-amino-alcohol motifs (C(OH)–C–C–N with tert-alkyl or cyclic N) is 1. The summed E-state index contributed by atoms with van der Waals surface area (Å²) >= 11 is 0. The van der Waals surface area contributed by atoms with Gasteiger partial charge >= 0.3 is 12.1 Å². The zero-order valence-corrected chi connectivity index (χ0v) is 21.3. The molecule has 0 saturated carbocycles. The number of aromatic nitrogens is 1. The van der Waals surface area contributed by atoms with E-state index in [4.69, 9.17) is 9.47 Å². The molecule has 190 valence electrons. The predicted octanol–water partition coefficient (Wildman–Crippen LogP) is 1.95. The van der Waals surface area contributed by atoms with E-state index in [1.54, 1.807) is 4.90 Å². The van der Waals surface area contributed by atoms with Gasteiger partial charge in [0.25, 0.3) is 0 Å². The van der Waals surface area contributed by atoms with Crippen LogP contribution < -0.4 is 10.6 Å². The number of likely N-dealkylation sites (tertiary alicyclic amines) is 2. The van der Waals surface area contributed by atoms with Crippen LogP contribution in [0.25, 0.3) is 12.7 Å². The van der Waals surface area contributed by atoms with Crippen LogP contribution in [0.15, 0.2) is 6.20 Å². The highest BCUT2D eigenvalue weighted by atomic mass is 16.6. The number of methoxy groups -OCH3 is 1. The summed E-state index contributed by atoms with van der Waals surface area (Å²) < 4.78 is 10.7. The molecule has 3 atom stereocenters. The van der Waals surface area contributed by atoms with Gasteiger partial charge in [0.1, 0.15) is 11.6 Å². The molecule has 3 heterocycles. The van der Waals surface area contributed by atoms with Gasteiger partial charge in [-0.1, -0.05) is 19.6 Å². The number of rotatable bonds is 5. The quantitative estimate of drug-likeness (QED) is 0.632. The molecule has 3 rings (SSSR count). The number of amides is 1. The molecule has 2 aliphatic rings. The van der Waals surface area contributed by atoms with E-state index < -0.39 is 17.7 Å². The van der Waals surface area contributed by atoms with E-state index >= 15 is 0 Å². The summed E-state index contributed by atoms with van der Waals surface area (Å²) in [6.45, 7) is 13.9. The van der Waals surface area contributed by atoms with Gasteiger partial charge in [0.2, 0.25) is 0 Å². The minimum Gasteiger partial charge on any atom is -0.468 e. The summed E-state index contributed by atoms with van der Waals surface area (Å²) in [5, 5.41) is 13.1. The van der Waals surface area contributed by atoms with Crippen molar-refractivity contribution >= 4 is 24.7 Å². The molecule has 2 N–H and O–H groups in total. The second-order valence-electron chi connectivity index (χ2n) is 10.5. The van der Waals surface area contributed by atoms with Crippen molar-refractivity contribution in [1.82, 2.24) is 14.8 Å². The molecule has 2 fully saturated rings. The van der Waals surface area contributed by atoms with Crippen LogP contribution in [0, 0.1) is 5.92 Å². The van der Waals surface area contributed by atoms with Crippen molar-refractivity contribution in [3.8, 4) is 0 Å². The van der Waals surface area contributed by atoms with Gasteiger partial charge in [-0.2, -0.15) is 0 Å². The standard InChI is InChI=1S/C26H41N3O5/c1-7-8-19-17(2)27-15-21(19)20-11-14-29(16-22(20)30)23(24(31)33-6)18-9-12-28(13-10-18)25(32)34-26(3,4)5/h8,15,18,20,22-23,27,30H,2,7,9-14,16H2,1,3-6H3. The van der Waals surface area contributed by atoms with Gasteiger partial charge in [0, 0.05) is 37.1 Å². The van der Waals surface area contributed by atoms with E-state index in [2.05, 4.69) is 29.5 Å². The van der Waals surface area contributed by atoms with Gasteiger partial charge in [-0.05, 0) is 69.7 Å². The number of carbonyl (C=O) groups is 2. The van der Waals surface area contributed by atoms with E-state index in [9.17, 15) is 14.7 Å². The van der Waals surface area contributed by atoms with Crippen LogP contribution >= 0.6 is 0 Å². The number of H-pyrrole nitrogens is 1. The average molecular weight is 476 g/mol. The zero-order valence-electron chi connectivity index (χ0n) is 21.3. The first-order valence-electron chi connectivity index (χ1n) is 12.4. The molecule has 1 amide bonds. The molecule has 0 radical (unpaired) electrons. The summed E-state index contributed by atoms with van der Waals surface area (Å²) in [6, 6.07) is -0.433. The molecule has 2 aliphatic heterocycles. The zero-order chi connectivity index (χ0) is 25.0. The highest BCUT2D eigenvalue weighted by molar-refractivity contribution is 5.76. The third-order valence-electron chi connectivity index (χ3n) is 6.93. The molecule has 8 nitrogen and oxygen atoms in total. The summed E-state index contributed by atoms with van der Waals surface area (Å²) in [5.41, 5.74) is 0.561. The van der Waals surface area contributed by atoms with Crippen molar-refractivity contribution in [2.45, 2.75) is 77.0 Å². The first kappa shape index (κ1) is 26.3. The van der Waals surface area contributed by atoms with Crippen LogP contribution in [0.1, 0.15) is 64.9 Å². The molecule has 34 heavy (non-hydrogen) atoms. The topological polar surface area (TPSA) is 95.1 Å². The molecule has 8 heteroatoms. The number of carbonyl (C=O) groups excluding carboxylic acids is 2. The lowest BCUT2D eigenvalue weighted by molar-refractivity contribution is -0.152. The number of nitrogens with one attached hydrogen (secondary N) is 1.